The van der Waals surface area contributed by atoms with E-state index in [1.807, 2.05) is 4.90 Å². The third-order valence-corrected chi connectivity index (χ3v) is 8.07. The zero-order valence-electron chi connectivity index (χ0n) is 17.7. The monoisotopic (exact) mass is 434 g/mol. The van der Waals surface area contributed by atoms with Gasteiger partial charge in [-0.05, 0) is 73.8 Å². The third kappa shape index (κ3) is 3.96. The Labute approximate surface area is 180 Å². The van der Waals surface area contributed by atoms with E-state index < -0.39 is 17.6 Å². The molecule has 4 aliphatic carbocycles. The number of hydrogen-bond donors (Lipinski definition) is 0. The van der Waals surface area contributed by atoms with Crippen molar-refractivity contribution in [1.82, 2.24) is 9.80 Å². The molecule has 0 radical (unpaired) electrons. The van der Waals surface area contributed by atoms with Crippen LogP contribution >= 0.6 is 0 Å². The molecule has 0 N–H and O–H groups in total. The summed E-state index contributed by atoms with van der Waals surface area (Å²) < 4.78 is 39.8. The van der Waals surface area contributed by atoms with Crippen molar-refractivity contribution < 1.29 is 22.8 Å². The van der Waals surface area contributed by atoms with Gasteiger partial charge in [0.15, 0.2) is 0 Å². The fourth-order valence-corrected chi connectivity index (χ4v) is 7.19. The Kier molecular flexibility index (Phi) is 5.05. The van der Waals surface area contributed by atoms with Gasteiger partial charge < -0.3 is 9.80 Å². The molecule has 5 fully saturated rings. The van der Waals surface area contributed by atoms with Crippen LogP contribution in [-0.2, 0) is 11.0 Å². The van der Waals surface area contributed by atoms with Crippen LogP contribution < -0.4 is 0 Å². The maximum absolute atomic E-state index is 13.3. The zero-order chi connectivity index (χ0) is 21.8. The van der Waals surface area contributed by atoms with Gasteiger partial charge in [0.05, 0.1) is 11.1 Å². The molecule has 1 heterocycles. The molecule has 7 heteroatoms. The second kappa shape index (κ2) is 7.52. The van der Waals surface area contributed by atoms with Gasteiger partial charge in [0.2, 0.25) is 5.91 Å². The summed E-state index contributed by atoms with van der Waals surface area (Å²) in [6.07, 6.45) is 3.59. The largest absolute Gasteiger partial charge is 0.417 e. The van der Waals surface area contributed by atoms with Crippen molar-refractivity contribution in [2.24, 2.45) is 23.2 Å². The molecule has 0 unspecified atom stereocenters. The van der Waals surface area contributed by atoms with Crippen LogP contribution in [0, 0.1) is 23.2 Å². The van der Waals surface area contributed by atoms with E-state index in [9.17, 15) is 22.8 Å². The topological polar surface area (TPSA) is 40.6 Å². The normalized spacial score (nSPS) is 32.4. The number of piperazine rings is 1. The molecule has 4 nitrogen and oxygen atoms in total. The fraction of sp³-hybridized carbons (Fsp3) is 0.667. The molecule has 1 saturated heterocycles. The van der Waals surface area contributed by atoms with Crippen molar-refractivity contribution in [1.29, 1.82) is 0 Å². The molecular weight excluding hydrogens is 405 g/mol. The van der Waals surface area contributed by atoms with Crippen LogP contribution in [0.4, 0.5) is 13.2 Å². The van der Waals surface area contributed by atoms with E-state index in [1.54, 1.807) is 0 Å². The first-order valence-electron chi connectivity index (χ1n) is 11.5. The summed E-state index contributed by atoms with van der Waals surface area (Å²) in [5.74, 6) is 1.93. The number of halogens is 3. The lowest BCUT2D eigenvalue weighted by atomic mass is 9.49. The molecule has 0 spiro atoms. The van der Waals surface area contributed by atoms with E-state index in [-0.39, 0.29) is 30.0 Å². The molecule has 6 rings (SSSR count). The van der Waals surface area contributed by atoms with Gasteiger partial charge in [-0.2, -0.15) is 13.2 Å². The van der Waals surface area contributed by atoms with Crippen LogP contribution in [0.25, 0.3) is 0 Å². The highest BCUT2D eigenvalue weighted by Gasteiger charge is 2.51. The van der Waals surface area contributed by atoms with Crippen LogP contribution in [0.15, 0.2) is 24.3 Å². The minimum absolute atomic E-state index is 0.157. The summed E-state index contributed by atoms with van der Waals surface area (Å²) in [4.78, 5) is 29.1. The highest BCUT2D eigenvalue weighted by atomic mass is 19.4. The average molecular weight is 435 g/mol. The number of hydrogen-bond acceptors (Lipinski definition) is 2. The maximum atomic E-state index is 13.3. The lowest BCUT2D eigenvalue weighted by molar-refractivity contribution is -0.141. The highest BCUT2D eigenvalue weighted by molar-refractivity contribution is 5.96. The summed E-state index contributed by atoms with van der Waals surface area (Å²) >= 11 is 0. The Balaban J connectivity index is 1.20. The van der Waals surface area contributed by atoms with Gasteiger partial charge in [0, 0.05) is 32.6 Å². The second-order valence-corrected chi connectivity index (χ2v) is 10.3. The first-order chi connectivity index (χ1) is 14.7. The summed E-state index contributed by atoms with van der Waals surface area (Å²) in [6, 6.07) is 4.92. The number of alkyl halides is 3. The minimum Gasteiger partial charge on any atom is -0.339 e. The molecule has 1 aromatic rings. The number of benzene rings is 1. The Morgan fingerprint density at radius 3 is 1.94 bits per heavy atom. The van der Waals surface area contributed by atoms with Crippen molar-refractivity contribution in [3.63, 3.8) is 0 Å². The molecule has 4 saturated carbocycles. The van der Waals surface area contributed by atoms with Gasteiger partial charge in [-0.15, -0.1) is 0 Å². The fourth-order valence-electron chi connectivity index (χ4n) is 7.19. The second-order valence-electron chi connectivity index (χ2n) is 10.3. The molecule has 2 amide bonds. The molecule has 1 aromatic carbocycles. The lowest BCUT2D eigenvalue weighted by Crippen LogP contribution is -2.53. The number of nitrogens with zero attached hydrogens (tertiary/aromatic N) is 2. The van der Waals surface area contributed by atoms with Crippen LogP contribution in [0.1, 0.15) is 60.9 Å². The van der Waals surface area contributed by atoms with Crippen LogP contribution in [0.2, 0.25) is 0 Å². The van der Waals surface area contributed by atoms with E-state index >= 15 is 0 Å². The Bertz CT molecular complexity index is 839. The molecule has 4 bridgehead atoms. The third-order valence-electron chi connectivity index (χ3n) is 8.07. The zero-order valence-corrected chi connectivity index (χ0v) is 17.7. The predicted molar refractivity (Wildman–Crippen MR) is 109 cm³/mol. The molecule has 31 heavy (non-hydrogen) atoms. The van der Waals surface area contributed by atoms with Gasteiger partial charge >= 0.3 is 6.18 Å². The molecule has 0 aromatic heterocycles. The molecule has 168 valence electrons. The van der Waals surface area contributed by atoms with Gasteiger partial charge in [0.25, 0.3) is 5.91 Å². The molecule has 1 aliphatic heterocycles. The Morgan fingerprint density at radius 1 is 0.871 bits per heavy atom. The molecule has 0 atom stereocenters. The standard InChI is InChI=1S/C24H29F3N2O2/c25-24(26,27)20-4-2-1-3-19(20)22(31)29-7-5-28(6-8-29)21(30)15-23-12-16-9-17(13-23)11-18(10-16)14-23/h1-4,16-18H,5-15H2. The highest BCUT2D eigenvalue weighted by Crippen LogP contribution is 2.61. The van der Waals surface area contributed by atoms with Crippen LogP contribution in [0.5, 0.6) is 0 Å². The van der Waals surface area contributed by atoms with E-state index in [0.29, 0.717) is 19.5 Å². The number of carbonyl (C=O) groups is 2. The smallest absolute Gasteiger partial charge is 0.339 e. The van der Waals surface area contributed by atoms with Crippen molar-refractivity contribution in [2.75, 3.05) is 26.2 Å². The lowest BCUT2D eigenvalue weighted by Gasteiger charge is -2.57. The number of amides is 2. The molecule has 5 aliphatic rings. The van der Waals surface area contributed by atoms with Crippen molar-refractivity contribution in [2.45, 2.75) is 51.1 Å². The number of carbonyl (C=O) groups excluding carboxylic acids is 2. The van der Waals surface area contributed by atoms with Gasteiger partial charge in [-0.1, -0.05) is 12.1 Å². The van der Waals surface area contributed by atoms with E-state index in [2.05, 4.69) is 0 Å². The van der Waals surface area contributed by atoms with Gasteiger partial charge in [0.1, 0.15) is 0 Å². The quantitative estimate of drug-likeness (QED) is 0.698. The minimum atomic E-state index is -4.57. The van der Waals surface area contributed by atoms with Gasteiger partial charge in [-0.25, -0.2) is 0 Å². The molecular formula is C24H29F3N2O2. The van der Waals surface area contributed by atoms with E-state index in [0.717, 1.165) is 23.8 Å². The van der Waals surface area contributed by atoms with Crippen molar-refractivity contribution in [3.8, 4) is 0 Å². The maximum Gasteiger partial charge on any atom is 0.417 e. The van der Waals surface area contributed by atoms with Crippen LogP contribution in [0.3, 0.4) is 0 Å². The van der Waals surface area contributed by atoms with Crippen molar-refractivity contribution >= 4 is 11.8 Å². The first kappa shape index (κ1) is 20.8. The summed E-state index contributed by atoms with van der Waals surface area (Å²) in [6.45, 7) is 1.34. The Morgan fingerprint density at radius 2 is 1.39 bits per heavy atom. The Hall–Kier alpha value is -2.05. The number of rotatable bonds is 3. The average Bonchev–Trinajstić information content (AvgIpc) is 2.71. The van der Waals surface area contributed by atoms with E-state index in [1.165, 1.54) is 61.6 Å². The van der Waals surface area contributed by atoms with E-state index in [4.69, 9.17) is 0 Å². The van der Waals surface area contributed by atoms with Gasteiger partial charge in [-0.3, -0.25) is 9.59 Å². The summed E-state index contributed by atoms with van der Waals surface area (Å²) in [5.41, 5.74) is -1.05. The van der Waals surface area contributed by atoms with Crippen molar-refractivity contribution in [3.05, 3.63) is 35.4 Å². The first-order valence-corrected chi connectivity index (χ1v) is 11.5. The SMILES string of the molecule is O=C(CC12CC3CC(CC(C3)C1)C2)N1CCN(C(=O)c2ccccc2C(F)(F)F)CC1. The predicted octanol–water partition coefficient (Wildman–Crippen LogP) is 4.60. The summed E-state index contributed by atoms with van der Waals surface area (Å²) in [5, 5.41) is 0. The summed E-state index contributed by atoms with van der Waals surface area (Å²) in [7, 11) is 0. The van der Waals surface area contributed by atoms with Crippen LogP contribution in [-0.4, -0.2) is 47.8 Å².